The summed E-state index contributed by atoms with van der Waals surface area (Å²) in [4.78, 5) is 59.4. The Balaban J connectivity index is 1.33. The highest BCUT2D eigenvalue weighted by Gasteiger charge is 2.31. The molecule has 1 aromatic heterocycles. The summed E-state index contributed by atoms with van der Waals surface area (Å²) < 4.78 is 30.8. The highest BCUT2D eigenvalue weighted by molar-refractivity contribution is 7.92. The van der Waals surface area contributed by atoms with Crippen LogP contribution in [-0.2, 0) is 21.2 Å². The molecule has 1 atom stereocenters. The normalized spacial score (nSPS) is 14.0. The number of amides is 3. The molecule has 0 radical (unpaired) electrons. The number of carbonyl (C=O) groups is 3. The van der Waals surface area contributed by atoms with Gasteiger partial charge in [-0.1, -0.05) is 35.9 Å². The molecule has 1 aliphatic rings. The van der Waals surface area contributed by atoms with Crippen LogP contribution in [0.1, 0.15) is 26.5 Å². The third-order valence-corrected chi connectivity index (χ3v) is 10.1. The number of para-hydroxylation sites is 1. The van der Waals surface area contributed by atoms with E-state index in [0.717, 1.165) is 27.9 Å². The fourth-order valence-electron chi connectivity index (χ4n) is 5.75. The van der Waals surface area contributed by atoms with Gasteiger partial charge in [0.15, 0.2) is 11.2 Å². The second-order valence-electron chi connectivity index (χ2n) is 12.6. The van der Waals surface area contributed by atoms with Crippen molar-refractivity contribution in [2.24, 2.45) is 0 Å². The second-order valence-corrected chi connectivity index (χ2v) is 15.1. The topological polar surface area (TPSA) is 153 Å². The predicted octanol–water partition coefficient (Wildman–Crippen LogP) is 2.82. The molecule has 13 nitrogen and oxygen atoms in total. The highest BCUT2D eigenvalue weighted by Crippen LogP contribution is 2.24. The third-order valence-electron chi connectivity index (χ3n) is 8.68. The van der Waals surface area contributed by atoms with Crippen LogP contribution >= 0.6 is 11.6 Å². The van der Waals surface area contributed by atoms with Crippen molar-refractivity contribution in [3.8, 4) is 0 Å². The minimum absolute atomic E-state index is 0.0849. The van der Waals surface area contributed by atoms with E-state index < -0.39 is 27.4 Å². The average molecular weight is 737 g/mol. The van der Waals surface area contributed by atoms with Gasteiger partial charge in [0.2, 0.25) is 15.9 Å². The zero-order valence-electron chi connectivity index (χ0n) is 28.9. The molecule has 0 aliphatic carbocycles. The van der Waals surface area contributed by atoms with Crippen molar-refractivity contribution in [1.29, 1.82) is 0 Å². The van der Waals surface area contributed by atoms with Crippen LogP contribution in [0.2, 0.25) is 5.02 Å². The maximum atomic E-state index is 14.0. The van der Waals surface area contributed by atoms with Crippen LogP contribution in [0.5, 0.6) is 0 Å². The SMILES string of the molecule is CN(C)CCNC(=O)c1ccccc1N1CCN(C(=O)[C@@H](Cc2ccc(Cl)cc2)NC(=O)c2cc(=O)c3cc(N(C)S(C)(=O)=O)ccc3o2)CC1. The lowest BCUT2D eigenvalue weighted by atomic mass is 10.0. The number of rotatable bonds is 12. The van der Waals surface area contributed by atoms with Crippen molar-refractivity contribution < 1.29 is 27.2 Å². The molecule has 0 spiro atoms. The summed E-state index contributed by atoms with van der Waals surface area (Å²) in [6, 6.07) is 18.6. The van der Waals surface area contributed by atoms with Gasteiger partial charge in [-0.2, -0.15) is 0 Å². The summed E-state index contributed by atoms with van der Waals surface area (Å²) in [6.07, 6.45) is 1.19. The average Bonchev–Trinajstić information content (AvgIpc) is 3.11. The molecule has 4 aromatic rings. The molecule has 2 N–H and O–H groups in total. The summed E-state index contributed by atoms with van der Waals surface area (Å²) >= 11 is 6.09. The molecule has 1 aliphatic heterocycles. The standard InChI is InChI=1S/C36H41ClN6O7S/c1-40(2)16-15-38-34(45)27-7-5-6-8-30(27)42-17-19-43(20-18-42)36(47)29(21-24-9-11-25(37)12-10-24)39-35(46)33-23-31(44)28-22-26(13-14-32(28)50-33)41(3)51(4,48)49/h5-14,22-23,29H,15-21H2,1-4H3,(H,38,45)(H,39,46)/t29-/m1/s1. The van der Waals surface area contributed by atoms with Gasteiger partial charge in [0.1, 0.15) is 11.6 Å². The fourth-order valence-corrected chi connectivity index (χ4v) is 6.37. The van der Waals surface area contributed by atoms with Crippen molar-refractivity contribution in [3.63, 3.8) is 0 Å². The van der Waals surface area contributed by atoms with Crippen LogP contribution in [0.3, 0.4) is 0 Å². The van der Waals surface area contributed by atoms with E-state index in [1.807, 2.05) is 37.2 Å². The number of hydrogen-bond donors (Lipinski definition) is 2. The Bertz CT molecular complexity index is 2080. The van der Waals surface area contributed by atoms with Gasteiger partial charge in [-0.05, 0) is 62.1 Å². The van der Waals surface area contributed by atoms with E-state index in [1.54, 1.807) is 35.2 Å². The van der Waals surface area contributed by atoms with E-state index >= 15 is 0 Å². The molecule has 51 heavy (non-hydrogen) atoms. The Kier molecular flexibility index (Phi) is 11.7. The largest absolute Gasteiger partial charge is 0.451 e. The number of benzene rings is 3. The number of anilines is 2. The summed E-state index contributed by atoms with van der Waals surface area (Å²) in [5.41, 5.74) is 1.89. The van der Waals surface area contributed by atoms with E-state index in [0.29, 0.717) is 49.9 Å². The minimum atomic E-state index is -3.57. The third kappa shape index (κ3) is 9.25. The number of hydrogen-bond acceptors (Lipinski definition) is 9. The van der Waals surface area contributed by atoms with Gasteiger partial charge in [0.25, 0.3) is 11.8 Å². The summed E-state index contributed by atoms with van der Waals surface area (Å²) in [5.74, 6) is -1.54. The number of halogens is 1. The predicted molar refractivity (Wildman–Crippen MR) is 198 cm³/mol. The maximum absolute atomic E-state index is 14.0. The van der Waals surface area contributed by atoms with Crippen LogP contribution < -0.4 is 25.3 Å². The first-order valence-corrected chi connectivity index (χ1v) is 18.6. The molecule has 15 heteroatoms. The van der Waals surface area contributed by atoms with Crippen LogP contribution in [0.4, 0.5) is 11.4 Å². The number of piperazine rings is 1. The quantitative estimate of drug-likeness (QED) is 0.224. The number of nitrogens with one attached hydrogen (secondary N) is 2. The van der Waals surface area contributed by atoms with Crippen molar-refractivity contribution in [1.82, 2.24) is 20.4 Å². The summed E-state index contributed by atoms with van der Waals surface area (Å²) in [7, 11) is 1.67. The first-order chi connectivity index (χ1) is 24.2. The molecule has 3 amide bonds. The zero-order valence-corrected chi connectivity index (χ0v) is 30.5. The lowest BCUT2D eigenvalue weighted by molar-refractivity contribution is -0.133. The summed E-state index contributed by atoms with van der Waals surface area (Å²) in [5, 5.41) is 6.36. The Morgan fingerprint density at radius 2 is 1.61 bits per heavy atom. The van der Waals surface area contributed by atoms with E-state index in [1.165, 1.54) is 25.2 Å². The van der Waals surface area contributed by atoms with Gasteiger partial charge in [-0.25, -0.2) is 8.42 Å². The number of carbonyl (C=O) groups excluding carboxylic acids is 3. The van der Waals surface area contributed by atoms with E-state index in [-0.39, 0.29) is 40.7 Å². The number of likely N-dealkylation sites (N-methyl/N-ethyl adjacent to an activating group) is 1. The van der Waals surface area contributed by atoms with Gasteiger partial charge in [-0.3, -0.25) is 23.5 Å². The molecule has 0 unspecified atom stereocenters. The van der Waals surface area contributed by atoms with Crippen LogP contribution in [-0.4, -0.2) is 109 Å². The number of nitrogens with zero attached hydrogens (tertiary/aromatic N) is 4. The van der Waals surface area contributed by atoms with Crippen LogP contribution in [0.25, 0.3) is 11.0 Å². The van der Waals surface area contributed by atoms with Gasteiger partial charge in [0.05, 0.1) is 22.9 Å². The fraction of sp³-hybridized carbons (Fsp3) is 0.333. The zero-order chi connectivity index (χ0) is 36.9. The van der Waals surface area contributed by atoms with Crippen molar-refractivity contribution in [2.75, 3.05) is 75.9 Å². The Morgan fingerprint density at radius 1 is 0.922 bits per heavy atom. The van der Waals surface area contributed by atoms with E-state index in [9.17, 15) is 27.6 Å². The molecule has 1 saturated heterocycles. The molecule has 3 aromatic carbocycles. The lowest BCUT2D eigenvalue weighted by Crippen LogP contribution is -2.55. The number of fused-ring (bicyclic) bond motifs is 1. The molecule has 5 rings (SSSR count). The van der Waals surface area contributed by atoms with Gasteiger partial charge < -0.3 is 29.8 Å². The highest BCUT2D eigenvalue weighted by atomic mass is 35.5. The lowest BCUT2D eigenvalue weighted by Gasteiger charge is -2.38. The minimum Gasteiger partial charge on any atom is -0.451 e. The molecule has 0 bridgehead atoms. The monoisotopic (exact) mass is 736 g/mol. The molecule has 1 fully saturated rings. The second kappa shape index (κ2) is 16.0. The molecule has 2 heterocycles. The van der Waals surface area contributed by atoms with E-state index in [2.05, 4.69) is 15.5 Å². The van der Waals surface area contributed by atoms with Crippen LogP contribution in [0.15, 0.2) is 82.0 Å². The Labute approximate surface area is 301 Å². The van der Waals surface area contributed by atoms with Crippen LogP contribution in [0, 0.1) is 0 Å². The number of sulfonamides is 1. The van der Waals surface area contributed by atoms with Crippen molar-refractivity contribution in [2.45, 2.75) is 12.5 Å². The smallest absolute Gasteiger partial charge is 0.287 e. The van der Waals surface area contributed by atoms with Crippen molar-refractivity contribution >= 4 is 61.7 Å². The first kappa shape index (κ1) is 37.3. The first-order valence-electron chi connectivity index (χ1n) is 16.3. The molecule has 0 saturated carbocycles. The molecular formula is C36H41ClN6O7S. The molecule has 270 valence electrons. The van der Waals surface area contributed by atoms with Gasteiger partial charge in [0, 0.05) is 69.5 Å². The Hall–Kier alpha value is -4.92. The Morgan fingerprint density at radius 3 is 2.27 bits per heavy atom. The maximum Gasteiger partial charge on any atom is 0.287 e. The van der Waals surface area contributed by atoms with E-state index in [4.69, 9.17) is 16.0 Å². The van der Waals surface area contributed by atoms with Crippen molar-refractivity contribution in [3.05, 3.63) is 105 Å². The molecular weight excluding hydrogens is 696 g/mol. The van der Waals surface area contributed by atoms with Gasteiger partial charge in [-0.15, -0.1) is 0 Å². The van der Waals surface area contributed by atoms with Gasteiger partial charge >= 0.3 is 0 Å². The summed E-state index contributed by atoms with van der Waals surface area (Å²) in [6.45, 7) is 2.84.